The molecule has 3 aromatic rings. The maximum atomic E-state index is 12.1. The molecule has 0 fully saturated rings. The molecule has 1 aliphatic heterocycles. The lowest BCUT2D eigenvalue weighted by Gasteiger charge is -2.31. The van der Waals surface area contributed by atoms with E-state index < -0.39 is 16.3 Å². The van der Waals surface area contributed by atoms with Gasteiger partial charge in [0.15, 0.2) is 0 Å². The van der Waals surface area contributed by atoms with Crippen molar-refractivity contribution in [2.45, 2.75) is 18.2 Å². The van der Waals surface area contributed by atoms with Crippen molar-refractivity contribution < 1.29 is 19.8 Å². The highest BCUT2D eigenvalue weighted by Crippen LogP contribution is 2.51. The van der Waals surface area contributed by atoms with E-state index in [-0.39, 0.29) is 11.1 Å². The number of carbonyl (C=O) groups is 2. The van der Waals surface area contributed by atoms with Crippen LogP contribution in [0.5, 0.6) is 0 Å². The van der Waals surface area contributed by atoms with E-state index in [1.807, 2.05) is 25.1 Å². The number of halogens is 2. The molecule has 1 aliphatic carbocycles. The molecule has 1 unspecified atom stereocenters. The number of alkyl halides is 1. The molecule has 0 spiro atoms. The van der Waals surface area contributed by atoms with Crippen molar-refractivity contribution in [3.8, 4) is 0 Å². The summed E-state index contributed by atoms with van der Waals surface area (Å²) >= 11 is 7.19. The van der Waals surface area contributed by atoms with E-state index in [4.69, 9.17) is 0 Å². The third-order valence-corrected chi connectivity index (χ3v) is 7.02. The maximum Gasteiger partial charge on any atom is 0.337 e. The molecule has 2 heterocycles. The zero-order valence-corrected chi connectivity index (χ0v) is 19.0. The van der Waals surface area contributed by atoms with Gasteiger partial charge in [-0.1, -0.05) is 50.1 Å². The third-order valence-electron chi connectivity index (χ3n) is 5.70. The topological polar surface area (TPSA) is 99.5 Å². The summed E-state index contributed by atoms with van der Waals surface area (Å²) in [7, 11) is 0. The van der Waals surface area contributed by atoms with Gasteiger partial charge in [0.05, 0.1) is 32.4 Å². The quantitative estimate of drug-likeness (QED) is 0.293. The highest BCUT2D eigenvalue weighted by atomic mass is 79.9. The number of pyridine rings is 1. The lowest BCUT2D eigenvalue weighted by atomic mass is 9.81. The number of hydrogen-bond donors (Lipinski definition) is 3. The smallest absolute Gasteiger partial charge is 0.337 e. The Balaban J connectivity index is 2.09. The molecule has 1 aromatic heterocycles. The minimum atomic E-state index is -1.04. The lowest BCUT2D eigenvalue weighted by molar-refractivity contribution is -0.130. The largest absolute Gasteiger partial charge is 0.478 e. The molecule has 2 aliphatic rings. The van der Waals surface area contributed by atoms with Gasteiger partial charge in [-0.25, -0.2) is 9.59 Å². The van der Waals surface area contributed by atoms with Crippen LogP contribution < -0.4 is 5.32 Å². The second-order valence-corrected chi connectivity index (χ2v) is 10.0. The highest BCUT2D eigenvalue weighted by molar-refractivity contribution is 9.10. The van der Waals surface area contributed by atoms with E-state index in [2.05, 4.69) is 42.2 Å². The average Bonchev–Trinajstić information content (AvgIpc) is 2.67. The fraction of sp³-hybridized carbons (Fsp3) is 0.136. The highest BCUT2D eigenvalue weighted by Gasteiger charge is 2.36. The molecule has 6 nitrogen and oxygen atoms in total. The number of nitrogens with one attached hydrogen (secondary N) is 1. The van der Waals surface area contributed by atoms with E-state index in [9.17, 15) is 19.8 Å². The molecular weight excluding hydrogens is 516 g/mol. The molecule has 3 N–H and O–H groups in total. The van der Waals surface area contributed by atoms with Crippen LogP contribution in [0.1, 0.15) is 39.7 Å². The lowest BCUT2D eigenvalue weighted by Crippen LogP contribution is -2.22. The minimum Gasteiger partial charge on any atom is -0.478 e. The van der Waals surface area contributed by atoms with E-state index in [0.29, 0.717) is 26.8 Å². The predicted octanol–water partition coefficient (Wildman–Crippen LogP) is 5.65. The maximum absolute atomic E-state index is 12.1. The minimum absolute atomic E-state index is 0.149. The number of benzene rings is 2. The van der Waals surface area contributed by atoms with E-state index in [1.165, 1.54) is 6.20 Å². The van der Waals surface area contributed by atoms with Gasteiger partial charge < -0.3 is 15.5 Å². The summed E-state index contributed by atoms with van der Waals surface area (Å²) in [6, 6.07) is 3.69. The first-order chi connectivity index (χ1) is 14.1. The summed E-state index contributed by atoms with van der Waals surface area (Å²) in [5, 5.41) is 25.0. The molecule has 2 aromatic carbocycles. The summed E-state index contributed by atoms with van der Waals surface area (Å²) in [6.07, 6.45) is 5.31. The number of carboxylic acids is 2. The molecule has 8 heteroatoms. The van der Waals surface area contributed by atoms with Gasteiger partial charge in [0.2, 0.25) is 0 Å². The van der Waals surface area contributed by atoms with Gasteiger partial charge in [0.25, 0.3) is 0 Å². The van der Waals surface area contributed by atoms with Crippen molar-refractivity contribution in [1.29, 1.82) is 0 Å². The Morgan fingerprint density at radius 1 is 1.17 bits per heavy atom. The molecule has 150 valence electrons. The third kappa shape index (κ3) is 2.37. The Morgan fingerprint density at radius 3 is 2.57 bits per heavy atom. The number of allylic oxidation sites excluding steroid dienone is 1. The van der Waals surface area contributed by atoms with Crippen molar-refractivity contribution in [3.63, 3.8) is 0 Å². The number of aryl methyl sites for hydroxylation is 1. The monoisotopic (exact) mass is 528 g/mol. The van der Waals surface area contributed by atoms with Crippen molar-refractivity contribution in [1.82, 2.24) is 4.98 Å². The Hall–Kier alpha value is -2.71. The number of anilines is 1. The summed E-state index contributed by atoms with van der Waals surface area (Å²) in [6.45, 7) is 3.60. The van der Waals surface area contributed by atoms with Gasteiger partial charge >= 0.3 is 11.9 Å². The van der Waals surface area contributed by atoms with Crippen LogP contribution >= 0.6 is 31.9 Å². The van der Waals surface area contributed by atoms with Gasteiger partial charge in [0, 0.05) is 38.0 Å². The average molecular weight is 530 g/mol. The van der Waals surface area contributed by atoms with Gasteiger partial charge in [-0.15, -0.1) is 0 Å². The fourth-order valence-electron chi connectivity index (χ4n) is 4.49. The molecule has 0 amide bonds. The molecule has 1 atom stereocenters. The van der Waals surface area contributed by atoms with Crippen LogP contribution in [0.4, 0.5) is 5.69 Å². The van der Waals surface area contributed by atoms with Gasteiger partial charge in [-0.05, 0) is 25.5 Å². The standard InChI is InChI=1S/C22H14Br2N2O4/c1-8-13(21(29)30)17-16-10(5-6-22(17,2)24)18-15-9(19(16)26-8)3-4-12(23)14(15)11(7-25-18)20(27)28/h3-7,25H,1-2H3,(H,27,28)(H,29,30). The normalized spacial score (nSPS) is 19.0. The van der Waals surface area contributed by atoms with Gasteiger partial charge in [-0.3, -0.25) is 4.98 Å². The SMILES string of the molecule is Cc1nc2c3c(c4c5c(c(Br)ccc52)C(C(=O)O)=CN4)C=CC(C)(Br)c3c1C(=O)O. The molecule has 0 saturated carbocycles. The van der Waals surface area contributed by atoms with Crippen molar-refractivity contribution in [3.05, 3.63) is 56.8 Å². The van der Waals surface area contributed by atoms with Gasteiger partial charge in [-0.2, -0.15) is 0 Å². The summed E-state index contributed by atoms with van der Waals surface area (Å²) in [5.74, 6) is -2.07. The Kier molecular flexibility index (Phi) is 3.95. The summed E-state index contributed by atoms with van der Waals surface area (Å²) in [4.78, 5) is 28.7. The first kappa shape index (κ1) is 19.3. The number of aliphatic carboxylic acids is 1. The Bertz CT molecular complexity index is 1420. The van der Waals surface area contributed by atoms with Crippen LogP contribution in [0.3, 0.4) is 0 Å². The number of rotatable bonds is 2. The van der Waals surface area contributed by atoms with E-state index >= 15 is 0 Å². The van der Waals surface area contributed by atoms with Crippen LogP contribution in [-0.2, 0) is 9.12 Å². The first-order valence-corrected chi connectivity index (χ1v) is 10.7. The second kappa shape index (κ2) is 6.15. The van der Waals surface area contributed by atoms with Crippen LogP contribution in [0.2, 0.25) is 0 Å². The molecule has 0 radical (unpaired) electrons. The van der Waals surface area contributed by atoms with Crippen molar-refractivity contribution in [2.24, 2.45) is 0 Å². The van der Waals surface area contributed by atoms with E-state index in [1.54, 1.807) is 13.0 Å². The van der Waals surface area contributed by atoms with Crippen molar-refractivity contribution >= 4 is 82.8 Å². The molecule has 30 heavy (non-hydrogen) atoms. The molecule has 0 saturated heterocycles. The zero-order chi connectivity index (χ0) is 21.5. The molecule has 5 rings (SSSR count). The first-order valence-electron chi connectivity index (χ1n) is 9.08. The van der Waals surface area contributed by atoms with Crippen LogP contribution in [0.25, 0.3) is 33.3 Å². The summed E-state index contributed by atoms with van der Waals surface area (Å²) in [5.41, 5.74) is 4.14. The second-order valence-electron chi connectivity index (χ2n) is 7.53. The van der Waals surface area contributed by atoms with Crippen LogP contribution in [0.15, 0.2) is 28.9 Å². The van der Waals surface area contributed by atoms with Crippen LogP contribution in [-0.4, -0.2) is 27.1 Å². The predicted molar refractivity (Wildman–Crippen MR) is 123 cm³/mol. The number of aromatic nitrogens is 1. The number of nitrogens with zero attached hydrogens (tertiary/aromatic N) is 1. The summed E-state index contributed by atoms with van der Waals surface area (Å²) < 4.78 is -0.0168. The Labute approximate surface area is 187 Å². The van der Waals surface area contributed by atoms with Gasteiger partial charge in [0.1, 0.15) is 0 Å². The fourth-order valence-corrected chi connectivity index (χ4v) is 5.57. The van der Waals surface area contributed by atoms with Crippen molar-refractivity contribution in [2.75, 3.05) is 5.32 Å². The number of carboxylic acid groups (broad SMARTS) is 2. The van der Waals surface area contributed by atoms with E-state index in [0.717, 1.165) is 27.4 Å². The number of fused-ring (bicyclic) bond motifs is 2. The Morgan fingerprint density at radius 2 is 1.90 bits per heavy atom. The molecular formula is C22H14Br2N2O4. The van der Waals surface area contributed by atoms with Crippen LogP contribution in [0, 0.1) is 6.92 Å². The zero-order valence-electron chi connectivity index (χ0n) is 15.8. The number of aromatic carboxylic acids is 1. The number of hydrogen-bond acceptors (Lipinski definition) is 4. The molecule has 0 bridgehead atoms.